The molecule has 0 saturated carbocycles. The highest BCUT2D eigenvalue weighted by Crippen LogP contribution is 2.50. The van der Waals surface area contributed by atoms with Crippen molar-refractivity contribution in [2.75, 3.05) is 41.0 Å². The predicted octanol–water partition coefficient (Wildman–Crippen LogP) is 2.59. The maximum atomic E-state index is 9.86. The number of nitrogens with two attached hydrogens (primary N) is 1. The van der Waals surface area contributed by atoms with Crippen molar-refractivity contribution < 1.29 is 18.9 Å². The Labute approximate surface area is 166 Å². The molecule has 0 bridgehead atoms. The lowest BCUT2D eigenvalue weighted by Gasteiger charge is -2.51. The summed E-state index contributed by atoms with van der Waals surface area (Å²) in [6.07, 6.45) is 1.76. The van der Waals surface area contributed by atoms with E-state index in [4.69, 9.17) is 24.7 Å². The third-order valence-electron chi connectivity index (χ3n) is 5.83. The summed E-state index contributed by atoms with van der Waals surface area (Å²) in [5, 5.41) is 9.86. The molecule has 1 aromatic carbocycles. The van der Waals surface area contributed by atoms with E-state index in [1.807, 2.05) is 18.2 Å². The molecule has 0 amide bonds. The van der Waals surface area contributed by atoms with Gasteiger partial charge in [-0.1, -0.05) is 13.0 Å². The van der Waals surface area contributed by atoms with E-state index in [-0.39, 0.29) is 17.7 Å². The average molecular weight is 387 g/mol. The van der Waals surface area contributed by atoms with Crippen LogP contribution in [0.15, 0.2) is 29.7 Å². The number of nitrogens with zero attached hydrogens (tertiary/aromatic N) is 2. The van der Waals surface area contributed by atoms with Crippen LogP contribution in [0.4, 0.5) is 0 Å². The van der Waals surface area contributed by atoms with Crippen LogP contribution in [0, 0.1) is 17.2 Å². The van der Waals surface area contributed by atoms with Crippen LogP contribution in [0.5, 0.6) is 11.5 Å². The Bertz CT molecular complexity index is 788. The molecule has 0 aliphatic carbocycles. The molecule has 28 heavy (non-hydrogen) atoms. The van der Waals surface area contributed by atoms with Crippen LogP contribution in [0.3, 0.4) is 0 Å². The van der Waals surface area contributed by atoms with Gasteiger partial charge in [-0.25, -0.2) is 0 Å². The van der Waals surface area contributed by atoms with E-state index in [1.165, 1.54) is 0 Å². The zero-order valence-electron chi connectivity index (χ0n) is 17.0. The standard InChI is InChI=1S/C21H29N3O4/c1-5-9-24-10-8-21(27-4)16(13-24)19(15(12-22)20(23)28-21)14-6-7-17(25-2)18(11-14)26-3/h6-7,11,16,19H,5,8-10,13,23H2,1-4H3/t16-,19+,21+/m0/s1. The number of likely N-dealkylation sites (tertiary alicyclic amines) is 1. The van der Waals surface area contributed by atoms with Crippen molar-refractivity contribution in [3.05, 3.63) is 35.2 Å². The number of methoxy groups -OCH3 is 3. The summed E-state index contributed by atoms with van der Waals surface area (Å²) < 4.78 is 22.8. The lowest BCUT2D eigenvalue weighted by molar-refractivity contribution is -0.266. The van der Waals surface area contributed by atoms with Gasteiger partial charge in [-0.15, -0.1) is 0 Å². The molecule has 2 heterocycles. The summed E-state index contributed by atoms with van der Waals surface area (Å²) in [6, 6.07) is 8.00. The highest BCUT2D eigenvalue weighted by atomic mass is 16.7. The topological polar surface area (TPSA) is 90.0 Å². The van der Waals surface area contributed by atoms with Crippen molar-refractivity contribution in [1.82, 2.24) is 4.90 Å². The Hall–Kier alpha value is -2.43. The summed E-state index contributed by atoms with van der Waals surface area (Å²) in [6.45, 7) is 4.79. The maximum Gasteiger partial charge on any atom is 0.218 e. The van der Waals surface area contributed by atoms with Crippen molar-refractivity contribution in [3.8, 4) is 17.6 Å². The zero-order chi connectivity index (χ0) is 20.3. The number of hydrogen-bond acceptors (Lipinski definition) is 7. The van der Waals surface area contributed by atoms with Gasteiger partial charge in [-0.3, -0.25) is 0 Å². The van der Waals surface area contributed by atoms with Gasteiger partial charge in [-0.2, -0.15) is 5.26 Å². The molecule has 2 aliphatic rings. The molecule has 1 aromatic rings. The van der Waals surface area contributed by atoms with E-state index in [2.05, 4.69) is 17.9 Å². The second kappa shape index (κ2) is 8.29. The van der Waals surface area contributed by atoms with E-state index in [9.17, 15) is 5.26 Å². The van der Waals surface area contributed by atoms with Gasteiger partial charge in [0.25, 0.3) is 0 Å². The highest BCUT2D eigenvalue weighted by molar-refractivity contribution is 5.49. The average Bonchev–Trinajstić information content (AvgIpc) is 2.72. The number of fused-ring (bicyclic) bond motifs is 1. The van der Waals surface area contributed by atoms with Crippen LogP contribution >= 0.6 is 0 Å². The molecule has 0 unspecified atom stereocenters. The van der Waals surface area contributed by atoms with Crippen molar-refractivity contribution in [2.24, 2.45) is 11.7 Å². The molecule has 0 spiro atoms. The van der Waals surface area contributed by atoms with Gasteiger partial charge < -0.3 is 29.6 Å². The molecule has 7 heteroatoms. The Morgan fingerprint density at radius 2 is 2.04 bits per heavy atom. The van der Waals surface area contributed by atoms with Gasteiger partial charge in [0.05, 0.1) is 19.8 Å². The second-order valence-electron chi connectivity index (χ2n) is 7.26. The van der Waals surface area contributed by atoms with Gasteiger partial charge >= 0.3 is 0 Å². The lowest BCUT2D eigenvalue weighted by Crippen LogP contribution is -2.59. The Kier molecular flexibility index (Phi) is 6.01. The number of ether oxygens (including phenoxy) is 4. The van der Waals surface area contributed by atoms with E-state index < -0.39 is 5.79 Å². The first-order chi connectivity index (χ1) is 13.5. The van der Waals surface area contributed by atoms with Crippen molar-refractivity contribution in [1.29, 1.82) is 5.26 Å². The van der Waals surface area contributed by atoms with Crippen LogP contribution < -0.4 is 15.2 Å². The zero-order valence-corrected chi connectivity index (χ0v) is 17.0. The number of nitriles is 1. The van der Waals surface area contributed by atoms with Crippen LogP contribution in [0.2, 0.25) is 0 Å². The van der Waals surface area contributed by atoms with E-state index in [1.54, 1.807) is 21.3 Å². The molecule has 0 aromatic heterocycles. The van der Waals surface area contributed by atoms with E-state index >= 15 is 0 Å². The summed E-state index contributed by atoms with van der Waals surface area (Å²) >= 11 is 0. The summed E-state index contributed by atoms with van der Waals surface area (Å²) in [5.41, 5.74) is 7.56. The van der Waals surface area contributed by atoms with Crippen LogP contribution in [-0.2, 0) is 9.47 Å². The first-order valence-electron chi connectivity index (χ1n) is 9.61. The number of rotatable bonds is 6. The first-order valence-corrected chi connectivity index (χ1v) is 9.61. The minimum Gasteiger partial charge on any atom is -0.493 e. The lowest BCUT2D eigenvalue weighted by atomic mass is 9.72. The fourth-order valence-electron chi connectivity index (χ4n) is 4.47. The number of allylic oxidation sites excluding steroid dienone is 1. The molecule has 152 valence electrons. The van der Waals surface area contributed by atoms with Gasteiger partial charge in [0.15, 0.2) is 11.5 Å². The smallest absolute Gasteiger partial charge is 0.218 e. The van der Waals surface area contributed by atoms with Gasteiger partial charge in [0, 0.05) is 38.5 Å². The minimum absolute atomic E-state index is 0.0714. The summed E-state index contributed by atoms with van der Waals surface area (Å²) in [7, 11) is 4.85. The second-order valence-corrected chi connectivity index (χ2v) is 7.26. The SMILES string of the molecule is CCCN1CC[C@@]2(OC)OC(N)=C(C#N)[C@@H](c3ccc(OC)c(OC)c3)[C@@H]2C1. The normalized spacial score (nSPS) is 27.5. The number of hydrogen-bond donors (Lipinski definition) is 1. The van der Waals surface area contributed by atoms with Crippen molar-refractivity contribution >= 4 is 0 Å². The number of benzene rings is 1. The van der Waals surface area contributed by atoms with E-state index in [0.29, 0.717) is 23.5 Å². The molecule has 2 aliphatic heterocycles. The Morgan fingerprint density at radius 1 is 1.29 bits per heavy atom. The quantitative estimate of drug-likeness (QED) is 0.802. The van der Waals surface area contributed by atoms with Crippen molar-refractivity contribution in [3.63, 3.8) is 0 Å². The molecule has 3 rings (SSSR count). The molecule has 1 saturated heterocycles. The third-order valence-corrected chi connectivity index (χ3v) is 5.83. The molecule has 1 fully saturated rings. The molecule has 7 nitrogen and oxygen atoms in total. The predicted molar refractivity (Wildman–Crippen MR) is 105 cm³/mol. The highest BCUT2D eigenvalue weighted by Gasteiger charge is 2.54. The van der Waals surface area contributed by atoms with E-state index in [0.717, 1.165) is 31.6 Å². The first kappa shape index (κ1) is 20.3. The molecule has 2 N–H and O–H groups in total. The molecule has 3 atom stereocenters. The van der Waals surface area contributed by atoms with Gasteiger partial charge in [-0.05, 0) is 30.7 Å². The Balaban J connectivity index is 2.11. The van der Waals surface area contributed by atoms with Crippen LogP contribution in [-0.4, -0.2) is 51.7 Å². The maximum absolute atomic E-state index is 9.86. The largest absolute Gasteiger partial charge is 0.493 e. The van der Waals surface area contributed by atoms with Crippen LogP contribution in [0.1, 0.15) is 31.2 Å². The summed E-state index contributed by atoms with van der Waals surface area (Å²) in [5.74, 6) is 0.238. The monoisotopic (exact) mass is 387 g/mol. The Morgan fingerprint density at radius 3 is 2.64 bits per heavy atom. The third kappa shape index (κ3) is 3.38. The number of piperidine rings is 1. The fourth-order valence-corrected chi connectivity index (χ4v) is 4.47. The molecule has 0 radical (unpaired) electrons. The van der Waals surface area contributed by atoms with Crippen LogP contribution in [0.25, 0.3) is 0 Å². The van der Waals surface area contributed by atoms with Gasteiger partial charge in [0.2, 0.25) is 11.7 Å². The molecular formula is C21H29N3O4. The minimum atomic E-state index is -0.841. The van der Waals surface area contributed by atoms with Gasteiger partial charge in [0.1, 0.15) is 6.07 Å². The summed E-state index contributed by atoms with van der Waals surface area (Å²) in [4.78, 5) is 2.40. The molecular weight excluding hydrogens is 358 g/mol. The fraction of sp³-hybridized carbons (Fsp3) is 0.571. The van der Waals surface area contributed by atoms with Crippen molar-refractivity contribution in [2.45, 2.75) is 31.5 Å².